The van der Waals surface area contributed by atoms with Gasteiger partial charge >= 0.3 is 0 Å². The Labute approximate surface area is 151 Å². The summed E-state index contributed by atoms with van der Waals surface area (Å²) < 4.78 is 6.50. The fourth-order valence-corrected chi connectivity index (χ4v) is 2.76. The molecule has 0 bridgehead atoms. The fourth-order valence-electron chi connectivity index (χ4n) is 2.28. The fraction of sp³-hybridized carbons (Fsp3) is 0.316. The molecule has 0 spiro atoms. The highest BCUT2D eigenvalue weighted by Crippen LogP contribution is 2.24. The molecule has 5 heteroatoms. The molecule has 0 atom stereocenters. The predicted molar refractivity (Wildman–Crippen MR) is 102 cm³/mol. The van der Waals surface area contributed by atoms with E-state index >= 15 is 0 Å². The Morgan fingerprint density at radius 1 is 1.21 bits per heavy atom. The number of ether oxygens (including phenoxy) is 1. The van der Waals surface area contributed by atoms with Gasteiger partial charge in [-0.1, -0.05) is 41.1 Å². The molecule has 0 heterocycles. The van der Waals surface area contributed by atoms with Gasteiger partial charge in [-0.25, -0.2) is 0 Å². The van der Waals surface area contributed by atoms with Crippen molar-refractivity contribution in [3.8, 4) is 5.75 Å². The van der Waals surface area contributed by atoms with Crippen LogP contribution in [0.2, 0.25) is 0 Å². The maximum Gasteiger partial charge on any atom is 0.255 e. The Morgan fingerprint density at radius 3 is 2.67 bits per heavy atom. The van der Waals surface area contributed by atoms with Crippen molar-refractivity contribution in [3.05, 3.63) is 58.1 Å². The highest BCUT2D eigenvalue weighted by atomic mass is 79.9. The second kappa shape index (κ2) is 8.85. The van der Waals surface area contributed by atoms with Crippen molar-refractivity contribution in [2.75, 3.05) is 11.9 Å². The number of hydrogen-bond donors (Lipinski definition) is 2. The summed E-state index contributed by atoms with van der Waals surface area (Å²) in [7, 11) is 0. The number of halogens is 1. The minimum Gasteiger partial charge on any atom is -0.491 e. The van der Waals surface area contributed by atoms with E-state index in [1.165, 1.54) is 0 Å². The molecule has 24 heavy (non-hydrogen) atoms. The minimum absolute atomic E-state index is 0.0519. The summed E-state index contributed by atoms with van der Waals surface area (Å²) in [6.45, 7) is 7.56. The molecule has 128 valence electrons. The number of hydrogen-bond acceptors (Lipinski definition) is 3. The molecule has 1 amide bonds. The third-order valence-electron chi connectivity index (χ3n) is 3.34. The van der Waals surface area contributed by atoms with E-state index in [-0.39, 0.29) is 12.0 Å². The highest BCUT2D eigenvalue weighted by Gasteiger charge is 2.12. The lowest BCUT2D eigenvalue weighted by Gasteiger charge is -2.14. The summed E-state index contributed by atoms with van der Waals surface area (Å²) in [6.07, 6.45) is 0.0519. The van der Waals surface area contributed by atoms with Gasteiger partial charge in [0, 0.05) is 22.3 Å². The second-order valence-electron chi connectivity index (χ2n) is 5.73. The quantitative estimate of drug-likeness (QED) is 0.726. The zero-order chi connectivity index (χ0) is 17.5. The van der Waals surface area contributed by atoms with Gasteiger partial charge in [0.25, 0.3) is 5.91 Å². The first-order chi connectivity index (χ1) is 11.5. The van der Waals surface area contributed by atoms with Crippen LogP contribution < -0.4 is 15.4 Å². The van der Waals surface area contributed by atoms with Crippen LogP contribution in [0.25, 0.3) is 0 Å². The molecule has 0 unspecified atom stereocenters. The third-order valence-corrected chi connectivity index (χ3v) is 3.79. The van der Waals surface area contributed by atoms with Crippen molar-refractivity contribution in [2.24, 2.45) is 0 Å². The molecule has 0 aliphatic carbocycles. The Morgan fingerprint density at radius 2 is 1.96 bits per heavy atom. The van der Waals surface area contributed by atoms with E-state index in [0.29, 0.717) is 17.9 Å². The smallest absolute Gasteiger partial charge is 0.255 e. The number of para-hydroxylation sites is 1. The molecule has 0 saturated carbocycles. The van der Waals surface area contributed by atoms with E-state index in [9.17, 15) is 4.79 Å². The number of rotatable bonds is 7. The average Bonchev–Trinajstić information content (AvgIpc) is 2.52. The first kappa shape index (κ1) is 18.5. The molecule has 2 N–H and O–H groups in total. The monoisotopic (exact) mass is 390 g/mol. The van der Waals surface area contributed by atoms with Gasteiger partial charge in [0.1, 0.15) is 5.75 Å². The number of carbonyl (C=O) groups is 1. The largest absolute Gasteiger partial charge is 0.491 e. The third kappa shape index (κ3) is 5.35. The molecule has 2 rings (SSSR count). The first-order valence-electron chi connectivity index (χ1n) is 8.06. The molecule has 0 fully saturated rings. The summed E-state index contributed by atoms with van der Waals surface area (Å²) in [6, 6.07) is 13.2. The lowest BCUT2D eigenvalue weighted by molar-refractivity contribution is 0.102. The number of anilines is 1. The number of carbonyl (C=O) groups excluding carboxylic acids is 1. The van der Waals surface area contributed by atoms with Crippen molar-refractivity contribution < 1.29 is 9.53 Å². The Bertz CT molecular complexity index is 702. The molecular weight excluding hydrogens is 368 g/mol. The van der Waals surface area contributed by atoms with Crippen molar-refractivity contribution in [1.82, 2.24) is 5.32 Å². The molecule has 0 aliphatic heterocycles. The van der Waals surface area contributed by atoms with Crippen LogP contribution in [0.5, 0.6) is 5.75 Å². The maximum atomic E-state index is 12.6. The van der Waals surface area contributed by atoms with Crippen LogP contribution in [0.1, 0.15) is 36.7 Å². The van der Waals surface area contributed by atoms with E-state index in [2.05, 4.69) is 33.5 Å². The average molecular weight is 391 g/mol. The lowest BCUT2D eigenvalue weighted by Crippen LogP contribution is -2.17. The molecular formula is C19H23BrN2O2. The van der Waals surface area contributed by atoms with Crippen molar-refractivity contribution in [1.29, 1.82) is 0 Å². The number of benzene rings is 2. The van der Waals surface area contributed by atoms with E-state index in [1.807, 2.05) is 44.2 Å². The summed E-state index contributed by atoms with van der Waals surface area (Å²) in [4.78, 5) is 12.6. The second-order valence-corrected chi connectivity index (χ2v) is 6.65. The molecule has 0 saturated heterocycles. The molecule has 4 nitrogen and oxygen atoms in total. The molecule has 2 aromatic carbocycles. The minimum atomic E-state index is -0.158. The standard InChI is InChI=1S/C19H23BrN2O2/c1-4-21-12-14-7-5-6-8-18(14)22-19(23)15-9-16(20)11-17(10-15)24-13(2)3/h5-11,13,21H,4,12H2,1-3H3,(H,22,23). The van der Waals surface area contributed by atoms with Crippen molar-refractivity contribution in [3.63, 3.8) is 0 Å². The van der Waals surface area contributed by atoms with E-state index < -0.39 is 0 Å². The van der Waals surface area contributed by atoms with Gasteiger partial charge in [-0.3, -0.25) is 4.79 Å². The van der Waals surface area contributed by atoms with Gasteiger partial charge in [0.15, 0.2) is 0 Å². The van der Waals surface area contributed by atoms with Gasteiger partial charge in [-0.2, -0.15) is 0 Å². The number of nitrogens with one attached hydrogen (secondary N) is 2. The summed E-state index contributed by atoms with van der Waals surface area (Å²) in [5, 5.41) is 6.27. The topological polar surface area (TPSA) is 50.4 Å². The summed E-state index contributed by atoms with van der Waals surface area (Å²) in [5.41, 5.74) is 2.43. The van der Waals surface area contributed by atoms with E-state index in [0.717, 1.165) is 22.3 Å². The van der Waals surface area contributed by atoms with Gasteiger partial charge in [-0.05, 0) is 50.2 Å². The van der Waals surface area contributed by atoms with Gasteiger partial charge in [0.2, 0.25) is 0 Å². The SMILES string of the molecule is CCNCc1ccccc1NC(=O)c1cc(Br)cc(OC(C)C)c1. The van der Waals surface area contributed by atoms with Crippen LogP contribution in [-0.4, -0.2) is 18.6 Å². The first-order valence-corrected chi connectivity index (χ1v) is 8.86. The van der Waals surface area contributed by atoms with Crippen molar-refractivity contribution >= 4 is 27.5 Å². The zero-order valence-electron chi connectivity index (χ0n) is 14.2. The lowest BCUT2D eigenvalue weighted by atomic mass is 10.1. The summed E-state index contributed by atoms with van der Waals surface area (Å²) in [5.74, 6) is 0.513. The Balaban J connectivity index is 2.19. The predicted octanol–water partition coefficient (Wildman–Crippen LogP) is 4.60. The normalized spacial score (nSPS) is 10.7. The van der Waals surface area contributed by atoms with Gasteiger partial charge in [-0.15, -0.1) is 0 Å². The van der Waals surface area contributed by atoms with Crippen LogP contribution >= 0.6 is 15.9 Å². The van der Waals surface area contributed by atoms with Crippen LogP contribution in [-0.2, 0) is 6.54 Å². The molecule has 0 radical (unpaired) electrons. The Hall–Kier alpha value is -1.85. The number of amides is 1. The van der Waals surface area contributed by atoms with Crippen LogP contribution in [0.15, 0.2) is 46.9 Å². The van der Waals surface area contributed by atoms with Crippen LogP contribution in [0, 0.1) is 0 Å². The summed E-state index contributed by atoms with van der Waals surface area (Å²) >= 11 is 3.44. The zero-order valence-corrected chi connectivity index (χ0v) is 15.8. The van der Waals surface area contributed by atoms with Crippen LogP contribution in [0.3, 0.4) is 0 Å². The van der Waals surface area contributed by atoms with Crippen molar-refractivity contribution in [2.45, 2.75) is 33.4 Å². The maximum absolute atomic E-state index is 12.6. The van der Waals surface area contributed by atoms with Crippen LogP contribution in [0.4, 0.5) is 5.69 Å². The van der Waals surface area contributed by atoms with E-state index in [4.69, 9.17) is 4.74 Å². The van der Waals surface area contributed by atoms with Gasteiger partial charge < -0.3 is 15.4 Å². The molecule has 0 aromatic heterocycles. The highest BCUT2D eigenvalue weighted by molar-refractivity contribution is 9.10. The Kier molecular flexibility index (Phi) is 6.82. The van der Waals surface area contributed by atoms with E-state index in [1.54, 1.807) is 12.1 Å². The molecule has 2 aromatic rings. The molecule has 0 aliphatic rings. The van der Waals surface area contributed by atoms with Gasteiger partial charge in [0.05, 0.1) is 6.10 Å².